The van der Waals surface area contributed by atoms with Gasteiger partial charge in [-0.3, -0.25) is 14.4 Å². The zero-order valence-corrected chi connectivity index (χ0v) is 25.8. The van der Waals surface area contributed by atoms with Crippen molar-refractivity contribution in [2.24, 2.45) is 28.7 Å². The molecule has 1 amide bonds. The number of primary amides is 1. The molecular weight excluding hydrogens is 604 g/mol. The summed E-state index contributed by atoms with van der Waals surface area (Å²) in [5.41, 5.74) is 4.31. The van der Waals surface area contributed by atoms with Gasteiger partial charge in [0.2, 0.25) is 11.7 Å². The van der Waals surface area contributed by atoms with Crippen LogP contribution >= 0.6 is 12.2 Å². The van der Waals surface area contributed by atoms with E-state index in [2.05, 4.69) is 15.8 Å². The van der Waals surface area contributed by atoms with Crippen molar-refractivity contribution in [1.82, 2.24) is 4.90 Å². The van der Waals surface area contributed by atoms with Crippen LogP contribution in [0.25, 0.3) is 5.76 Å². The Morgan fingerprint density at radius 2 is 1.76 bits per heavy atom. The molecule has 0 radical (unpaired) electrons. The van der Waals surface area contributed by atoms with Gasteiger partial charge < -0.3 is 46.6 Å². The maximum absolute atomic E-state index is 14.1. The Morgan fingerprint density at radius 1 is 1.11 bits per heavy atom. The molecule has 2 aromatic carbocycles. The highest BCUT2D eigenvalue weighted by molar-refractivity contribution is 7.80. The molecular formula is C30H34N6O8S. The highest BCUT2D eigenvalue weighted by Gasteiger charge is 2.67. The van der Waals surface area contributed by atoms with Crippen LogP contribution in [0.5, 0.6) is 5.75 Å². The summed E-state index contributed by atoms with van der Waals surface area (Å²) in [4.78, 5) is 53.9. The molecule has 3 aliphatic rings. The Kier molecular flexibility index (Phi) is 8.16. The SMILES string of the molecule is CN(C)c1cc(NC(=S)Nc2ccc(N=O)cc2)c(O)c2c1CC1CC3[C@H](N(C)C)C(O)C(C(N)=O)C(=O)[C@@]3(O)C(=O)C1=C2O. The lowest BCUT2D eigenvalue weighted by Crippen LogP contribution is -2.73. The van der Waals surface area contributed by atoms with Gasteiger partial charge in [0, 0.05) is 43.0 Å². The molecule has 2 fully saturated rings. The summed E-state index contributed by atoms with van der Waals surface area (Å²) >= 11 is 5.41. The van der Waals surface area contributed by atoms with Crippen LogP contribution in [0, 0.1) is 22.7 Å². The van der Waals surface area contributed by atoms with Crippen molar-refractivity contribution in [3.05, 3.63) is 51.9 Å². The highest BCUT2D eigenvalue weighted by Crippen LogP contribution is 2.54. The number of nitrogens with zero attached hydrogens (tertiary/aromatic N) is 3. The van der Waals surface area contributed by atoms with Crippen LogP contribution in [0.1, 0.15) is 17.5 Å². The predicted octanol–water partition coefficient (Wildman–Crippen LogP) is 1.40. The van der Waals surface area contributed by atoms with Gasteiger partial charge in [-0.1, -0.05) is 0 Å². The molecule has 15 heteroatoms. The second-order valence-corrected chi connectivity index (χ2v) is 12.5. The van der Waals surface area contributed by atoms with Crippen LogP contribution in [0.4, 0.5) is 22.7 Å². The van der Waals surface area contributed by atoms with Crippen LogP contribution in [0.3, 0.4) is 0 Å². The van der Waals surface area contributed by atoms with Crippen LogP contribution in [-0.4, -0.2) is 93.8 Å². The van der Waals surface area contributed by atoms with Crippen LogP contribution in [0.15, 0.2) is 41.1 Å². The molecule has 6 atom stereocenters. The molecule has 3 aliphatic carbocycles. The number of aromatic hydroxyl groups is 1. The lowest BCUT2D eigenvalue weighted by Gasteiger charge is -2.53. The number of nitroso groups, excluding NO2 is 1. The fourth-order valence-corrected chi connectivity index (χ4v) is 7.26. The Bertz CT molecular complexity index is 1660. The Balaban J connectivity index is 1.59. The number of hydrogen-bond donors (Lipinski definition) is 7. The number of anilines is 3. The summed E-state index contributed by atoms with van der Waals surface area (Å²) in [5.74, 6) is -8.20. The maximum Gasteiger partial charge on any atom is 0.230 e. The molecule has 45 heavy (non-hydrogen) atoms. The molecule has 0 saturated heterocycles. The average molecular weight is 639 g/mol. The zero-order valence-electron chi connectivity index (χ0n) is 24.9. The largest absolute Gasteiger partial charge is 0.507 e. The molecule has 238 valence electrons. The molecule has 4 unspecified atom stereocenters. The number of likely N-dealkylation sites (N-methyl/N-ethyl adjacent to an activating group) is 1. The summed E-state index contributed by atoms with van der Waals surface area (Å²) in [5, 5.41) is 54.7. The molecule has 2 saturated carbocycles. The third-order valence-corrected chi connectivity index (χ3v) is 9.23. The van der Waals surface area contributed by atoms with Crippen molar-refractivity contribution in [2.75, 3.05) is 43.7 Å². The van der Waals surface area contributed by atoms with Gasteiger partial charge in [-0.05, 0) is 86.1 Å². The van der Waals surface area contributed by atoms with Gasteiger partial charge in [0.25, 0.3) is 0 Å². The number of phenolic OH excluding ortho intramolecular Hbond substituents is 1. The molecule has 8 N–H and O–H groups in total. The van der Waals surface area contributed by atoms with Gasteiger partial charge in [0.15, 0.2) is 16.5 Å². The number of Topliss-reactive ketones (excluding diaryl/α,β-unsaturated/α-hetero) is 2. The van der Waals surface area contributed by atoms with E-state index in [0.717, 1.165) is 0 Å². The first-order chi connectivity index (χ1) is 21.1. The van der Waals surface area contributed by atoms with Gasteiger partial charge >= 0.3 is 0 Å². The van der Waals surface area contributed by atoms with E-state index in [-0.39, 0.29) is 40.5 Å². The zero-order chi connectivity index (χ0) is 33.1. The van der Waals surface area contributed by atoms with E-state index < -0.39 is 64.5 Å². The number of fused-ring (bicyclic) bond motifs is 3. The quantitative estimate of drug-likeness (QED) is 0.103. The van der Waals surface area contributed by atoms with Gasteiger partial charge in [0.1, 0.15) is 23.1 Å². The maximum atomic E-state index is 14.1. The first-order valence-electron chi connectivity index (χ1n) is 14.1. The number of carbonyl (C=O) groups is 3. The number of hydrogen-bond acceptors (Lipinski definition) is 12. The second kappa shape index (κ2) is 11.5. The van der Waals surface area contributed by atoms with E-state index in [9.17, 15) is 39.7 Å². The fourth-order valence-electron chi connectivity index (χ4n) is 7.04. The third-order valence-electron chi connectivity index (χ3n) is 9.03. The molecule has 0 bridgehead atoms. The molecule has 0 spiro atoms. The topological polar surface area (TPSA) is 218 Å². The number of phenols is 1. The summed E-state index contributed by atoms with van der Waals surface area (Å²) in [7, 11) is 6.72. The van der Waals surface area contributed by atoms with Crippen LogP contribution < -0.4 is 21.3 Å². The minimum Gasteiger partial charge on any atom is -0.507 e. The van der Waals surface area contributed by atoms with Crippen LogP contribution in [0.2, 0.25) is 0 Å². The number of aliphatic hydroxyl groups excluding tert-OH is 2. The third kappa shape index (κ3) is 5.01. The van der Waals surface area contributed by atoms with Crippen molar-refractivity contribution in [2.45, 2.75) is 30.6 Å². The molecule has 0 aromatic heterocycles. The minimum atomic E-state index is -2.75. The first kappa shape index (κ1) is 32.0. The monoisotopic (exact) mass is 638 g/mol. The number of thiocarbonyl (C=S) groups is 1. The standard InChI is InChI=1S/C30H34N6O8S/c1-35(2)18-11-17(33-29(45)32-13-5-7-14(34-44)8-6-13)23(37)20-15(18)9-12-10-16-22(36(3)4)25(39)21(28(31)42)27(41)30(16,43)26(40)19(12)24(20)38/h5-8,11-12,16,21-22,25,37-39,43H,9-10H2,1-4H3,(H2,31,42)(H2,32,33,45)/t12?,16?,21?,22-,25?,30-/m0/s1. The number of ketones is 2. The number of nitrogens with one attached hydrogen (secondary N) is 2. The number of aliphatic hydroxyl groups is 3. The minimum absolute atomic E-state index is 0.0122. The molecule has 0 aliphatic heterocycles. The smallest absolute Gasteiger partial charge is 0.230 e. The van der Waals surface area contributed by atoms with Gasteiger partial charge in [-0.15, -0.1) is 4.91 Å². The molecule has 14 nitrogen and oxygen atoms in total. The number of rotatable bonds is 6. The number of nitrogens with two attached hydrogens (primary N) is 1. The van der Waals surface area contributed by atoms with Crippen molar-refractivity contribution >= 4 is 63.3 Å². The summed E-state index contributed by atoms with van der Waals surface area (Å²) in [6.07, 6.45) is -1.40. The predicted molar refractivity (Wildman–Crippen MR) is 170 cm³/mol. The van der Waals surface area contributed by atoms with E-state index in [4.69, 9.17) is 18.0 Å². The highest BCUT2D eigenvalue weighted by atomic mass is 32.1. The van der Waals surface area contributed by atoms with E-state index >= 15 is 0 Å². The number of benzene rings is 2. The van der Waals surface area contributed by atoms with Crippen molar-refractivity contribution < 1.29 is 34.8 Å². The number of amides is 1. The van der Waals surface area contributed by atoms with Gasteiger partial charge in [0.05, 0.1) is 17.4 Å². The van der Waals surface area contributed by atoms with Crippen molar-refractivity contribution in [1.29, 1.82) is 0 Å². The van der Waals surface area contributed by atoms with Gasteiger partial charge in [-0.2, -0.15) is 0 Å². The molecule has 2 aromatic rings. The van der Waals surface area contributed by atoms with E-state index in [0.29, 0.717) is 16.9 Å². The number of carbonyl (C=O) groups excluding carboxylic acids is 3. The fraction of sp³-hybridized carbons (Fsp3) is 0.400. The van der Waals surface area contributed by atoms with E-state index in [1.807, 2.05) is 0 Å². The van der Waals surface area contributed by atoms with Crippen molar-refractivity contribution in [3.63, 3.8) is 0 Å². The summed E-state index contributed by atoms with van der Waals surface area (Å²) < 4.78 is 0. The van der Waals surface area contributed by atoms with Gasteiger partial charge in [-0.25, -0.2) is 0 Å². The Hall–Kier alpha value is -4.44. The van der Waals surface area contributed by atoms with Crippen molar-refractivity contribution in [3.8, 4) is 5.75 Å². The summed E-state index contributed by atoms with van der Waals surface area (Å²) in [6, 6.07) is 6.80. The normalized spacial score (nSPS) is 27.3. The molecule has 5 rings (SSSR count). The summed E-state index contributed by atoms with van der Waals surface area (Å²) in [6.45, 7) is 0. The average Bonchev–Trinajstić information content (AvgIpc) is 2.96. The second-order valence-electron chi connectivity index (χ2n) is 12.0. The van der Waals surface area contributed by atoms with E-state index in [1.54, 1.807) is 56.2 Å². The van der Waals surface area contributed by atoms with E-state index in [1.165, 1.54) is 12.1 Å². The molecule has 0 heterocycles. The lowest BCUT2D eigenvalue weighted by molar-refractivity contribution is -0.184. The van der Waals surface area contributed by atoms with Crippen LogP contribution in [-0.2, 0) is 20.8 Å². The Labute approximate surface area is 263 Å². The lowest BCUT2D eigenvalue weighted by atomic mass is 9.54. The first-order valence-corrected chi connectivity index (χ1v) is 14.5. The Morgan fingerprint density at radius 3 is 2.31 bits per heavy atom.